The van der Waals surface area contributed by atoms with Gasteiger partial charge < -0.3 is 19.9 Å². The molecule has 0 aliphatic carbocycles. The summed E-state index contributed by atoms with van der Waals surface area (Å²) in [5.74, 6) is 0.523. The minimum Gasteiger partial charge on any atom is -0.468 e. The molecule has 20 heavy (non-hydrogen) atoms. The molecule has 0 bridgehead atoms. The maximum absolute atomic E-state index is 11.8. The van der Waals surface area contributed by atoms with Gasteiger partial charge >= 0.3 is 5.97 Å². The average molecular weight is 285 g/mol. The highest BCUT2D eigenvalue weighted by atomic mass is 16.5. The molecule has 0 aromatic heterocycles. The fraction of sp³-hybridized carbons (Fsp3) is 0.933. The topological polar surface area (TPSA) is 44.8 Å². The number of rotatable bonds is 7. The SMILES string of the molecule is COC(=O)C(CCN1CC(C)C(N(C)C)C1)NC(C)C. The van der Waals surface area contributed by atoms with Crippen LogP contribution >= 0.6 is 0 Å². The van der Waals surface area contributed by atoms with E-state index in [1.807, 2.05) is 0 Å². The zero-order valence-corrected chi connectivity index (χ0v) is 13.8. The van der Waals surface area contributed by atoms with Crippen LogP contribution < -0.4 is 5.32 Å². The van der Waals surface area contributed by atoms with Crippen molar-refractivity contribution in [2.45, 2.75) is 45.3 Å². The number of likely N-dealkylation sites (tertiary alicyclic amines) is 1. The Bertz CT molecular complexity index is 307. The van der Waals surface area contributed by atoms with Crippen LogP contribution in [0.1, 0.15) is 27.2 Å². The largest absolute Gasteiger partial charge is 0.468 e. The lowest BCUT2D eigenvalue weighted by atomic mass is 10.1. The molecule has 118 valence electrons. The van der Waals surface area contributed by atoms with Crippen LogP contribution in [0.4, 0.5) is 0 Å². The van der Waals surface area contributed by atoms with Crippen molar-refractivity contribution in [2.24, 2.45) is 5.92 Å². The van der Waals surface area contributed by atoms with E-state index < -0.39 is 0 Å². The van der Waals surface area contributed by atoms with E-state index >= 15 is 0 Å². The molecule has 0 amide bonds. The molecule has 3 unspecified atom stereocenters. The first kappa shape index (κ1) is 17.4. The maximum atomic E-state index is 11.8. The summed E-state index contributed by atoms with van der Waals surface area (Å²) in [6.07, 6.45) is 0.803. The van der Waals surface area contributed by atoms with Crippen molar-refractivity contribution in [3.63, 3.8) is 0 Å². The average Bonchev–Trinajstić information content (AvgIpc) is 2.74. The summed E-state index contributed by atoms with van der Waals surface area (Å²) in [7, 11) is 5.74. The van der Waals surface area contributed by atoms with Crippen LogP contribution in [0.25, 0.3) is 0 Å². The predicted octanol–water partition coefficient (Wildman–Crippen LogP) is 0.798. The second kappa shape index (κ2) is 7.96. The Morgan fingerprint density at radius 1 is 1.40 bits per heavy atom. The van der Waals surface area contributed by atoms with Gasteiger partial charge in [-0.3, -0.25) is 4.79 Å². The van der Waals surface area contributed by atoms with Crippen LogP contribution in [0.3, 0.4) is 0 Å². The van der Waals surface area contributed by atoms with E-state index in [-0.39, 0.29) is 18.1 Å². The molecule has 0 spiro atoms. The molecule has 1 aliphatic heterocycles. The summed E-state index contributed by atoms with van der Waals surface area (Å²) in [5, 5.41) is 3.29. The monoisotopic (exact) mass is 285 g/mol. The van der Waals surface area contributed by atoms with Gasteiger partial charge in [0.15, 0.2) is 0 Å². The van der Waals surface area contributed by atoms with Gasteiger partial charge in [0.2, 0.25) is 0 Å². The second-order valence-corrected chi connectivity index (χ2v) is 6.45. The third-order valence-electron chi connectivity index (χ3n) is 4.07. The van der Waals surface area contributed by atoms with Gasteiger partial charge in [0.1, 0.15) is 6.04 Å². The Kier molecular flexibility index (Phi) is 6.92. The summed E-state index contributed by atoms with van der Waals surface area (Å²) in [5.41, 5.74) is 0. The third-order valence-corrected chi connectivity index (χ3v) is 4.07. The molecule has 1 aliphatic rings. The number of methoxy groups -OCH3 is 1. The highest BCUT2D eigenvalue weighted by Gasteiger charge is 2.31. The molecule has 1 heterocycles. The number of hydrogen-bond acceptors (Lipinski definition) is 5. The van der Waals surface area contributed by atoms with Gasteiger partial charge in [-0.05, 0) is 26.4 Å². The summed E-state index contributed by atoms with van der Waals surface area (Å²) < 4.78 is 4.88. The van der Waals surface area contributed by atoms with E-state index in [9.17, 15) is 4.79 Å². The first-order valence-corrected chi connectivity index (χ1v) is 7.57. The summed E-state index contributed by atoms with van der Waals surface area (Å²) in [6.45, 7) is 9.54. The van der Waals surface area contributed by atoms with Gasteiger partial charge in [-0.2, -0.15) is 0 Å². The number of hydrogen-bond donors (Lipinski definition) is 1. The number of carbonyl (C=O) groups is 1. The Morgan fingerprint density at radius 2 is 2.05 bits per heavy atom. The standard InChI is InChI=1S/C15H31N3O2/c1-11(2)16-13(15(19)20-6)7-8-18-9-12(3)14(10-18)17(4)5/h11-14,16H,7-10H2,1-6H3. The van der Waals surface area contributed by atoms with Crippen molar-refractivity contribution in [2.75, 3.05) is 40.8 Å². The first-order chi connectivity index (χ1) is 9.35. The number of esters is 1. The molecule has 0 saturated carbocycles. The van der Waals surface area contributed by atoms with Crippen LogP contribution in [-0.4, -0.2) is 74.7 Å². The van der Waals surface area contributed by atoms with Crippen LogP contribution in [-0.2, 0) is 9.53 Å². The Balaban J connectivity index is 2.46. The zero-order chi connectivity index (χ0) is 15.3. The van der Waals surface area contributed by atoms with E-state index in [0.29, 0.717) is 12.0 Å². The first-order valence-electron chi connectivity index (χ1n) is 7.57. The number of nitrogens with zero attached hydrogens (tertiary/aromatic N) is 2. The molecule has 1 fully saturated rings. The van der Waals surface area contributed by atoms with Crippen LogP contribution in [0, 0.1) is 5.92 Å². The molecule has 0 radical (unpaired) electrons. The smallest absolute Gasteiger partial charge is 0.322 e. The van der Waals surface area contributed by atoms with Crippen molar-refractivity contribution in [3.8, 4) is 0 Å². The van der Waals surface area contributed by atoms with Crippen LogP contribution in [0.5, 0.6) is 0 Å². The zero-order valence-electron chi connectivity index (χ0n) is 13.8. The lowest BCUT2D eigenvalue weighted by Gasteiger charge is -2.24. The van der Waals surface area contributed by atoms with Gasteiger partial charge in [-0.25, -0.2) is 0 Å². The van der Waals surface area contributed by atoms with E-state index in [2.05, 4.69) is 50.0 Å². The number of ether oxygens (including phenoxy) is 1. The molecule has 5 heteroatoms. The summed E-state index contributed by atoms with van der Waals surface area (Å²) in [6, 6.07) is 0.699. The van der Waals surface area contributed by atoms with E-state index in [1.54, 1.807) is 0 Å². The van der Waals surface area contributed by atoms with E-state index in [1.165, 1.54) is 7.11 Å². The number of nitrogens with one attached hydrogen (secondary N) is 1. The Hall–Kier alpha value is -0.650. The van der Waals surface area contributed by atoms with Crippen molar-refractivity contribution in [1.29, 1.82) is 0 Å². The molecule has 1 saturated heterocycles. The lowest BCUT2D eigenvalue weighted by molar-refractivity contribution is -0.143. The van der Waals surface area contributed by atoms with Gasteiger partial charge in [0.05, 0.1) is 7.11 Å². The van der Waals surface area contributed by atoms with Crippen molar-refractivity contribution >= 4 is 5.97 Å². The molecule has 0 aromatic carbocycles. The fourth-order valence-electron chi connectivity index (χ4n) is 3.03. The fourth-order valence-corrected chi connectivity index (χ4v) is 3.03. The Morgan fingerprint density at radius 3 is 2.50 bits per heavy atom. The van der Waals surface area contributed by atoms with Gasteiger partial charge in [-0.15, -0.1) is 0 Å². The minimum atomic E-state index is -0.200. The second-order valence-electron chi connectivity index (χ2n) is 6.45. The molecule has 3 atom stereocenters. The highest BCUT2D eigenvalue weighted by molar-refractivity contribution is 5.75. The molecular formula is C15H31N3O2. The quantitative estimate of drug-likeness (QED) is 0.701. The van der Waals surface area contributed by atoms with Crippen LogP contribution in [0.15, 0.2) is 0 Å². The molecule has 5 nitrogen and oxygen atoms in total. The number of carbonyl (C=O) groups excluding carboxylic acids is 1. The summed E-state index contributed by atoms with van der Waals surface area (Å²) >= 11 is 0. The predicted molar refractivity (Wildman–Crippen MR) is 81.8 cm³/mol. The third kappa shape index (κ3) is 5.04. The minimum absolute atomic E-state index is 0.157. The number of likely N-dealkylation sites (N-methyl/N-ethyl adjacent to an activating group) is 1. The Labute approximate surface area is 123 Å². The van der Waals surface area contributed by atoms with Crippen molar-refractivity contribution in [3.05, 3.63) is 0 Å². The lowest BCUT2D eigenvalue weighted by Crippen LogP contribution is -2.43. The van der Waals surface area contributed by atoms with E-state index in [4.69, 9.17) is 4.74 Å². The summed E-state index contributed by atoms with van der Waals surface area (Å²) in [4.78, 5) is 16.5. The molecular weight excluding hydrogens is 254 g/mol. The van der Waals surface area contributed by atoms with Crippen molar-refractivity contribution in [1.82, 2.24) is 15.1 Å². The van der Waals surface area contributed by atoms with Gasteiger partial charge in [-0.1, -0.05) is 20.8 Å². The highest BCUT2D eigenvalue weighted by Crippen LogP contribution is 2.20. The van der Waals surface area contributed by atoms with Gasteiger partial charge in [0.25, 0.3) is 0 Å². The van der Waals surface area contributed by atoms with E-state index in [0.717, 1.165) is 26.1 Å². The normalized spacial score (nSPS) is 25.4. The maximum Gasteiger partial charge on any atom is 0.322 e. The molecule has 1 N–H and O–H groups in total. The van der Waals surface area contributed by atoms with Gasteiger partial charge in [0, 0.05) is 31.7 Å². The molecule has 0 aromatic rings. The molecule has 1 rings (SSSR count). The van der Waals surface area contributed by atoms with Crippen LogP contribution in [0.2, 0.25) is 0 Å². The van der Waals surface area contributed by atoms with Crippen molar-refractivity contribution < 1.29 is 9.53 Å².